The lowest BCUT2D eigenvalue weighted by atomic mass is 10.0. The molecule has 0 saturated carbocycles. The number of rotatable bonds is 4. The van der Waals surface area contributed by atoms with E-state index in [1.54, 1.807) is 6.07 Å². The summed E-state index contributed by atoms with van der Waals surface area (Å²) >= 11 is 0. The van der Waals surface area contributed by atoms with Crippen molar-refractivity contribution in [2.75, 3.05) is 0 Å². The SMILES string of the molecule is OC(Cc1ccc(OC(F)(F)F)cc1)c1cccc(F)c1. The lowest BCUT2D eigenvalue weighted by molar-refractivity contribution is -0.274. The Morgan fingerprint density at radius 3 is 2.29 bits per heavy atom. The molecule has 0 saturated heterocycles. The fraction of sp³-hybridized carbons (Fsp3) is 0.200. The molecular weight excluding hydrogens is 288 g/mol. The van der Waals surface area contributed by atoms with Crippen molar-refractivity contribution in [3.63, 3.8) is 0 Å². The first-order valence-electron chi connectivity index (χ1n) is 6.12. The van der Waals surface area contributed by atoms with E-state index in [0.717, 1.165) is 0 Å². The van der Waals surface area contributed by atoms with Gasteiger partial charge in [-0.15, -0.1) is 13.2 Å². The maximum Gasteiger partial charge on any atom is 0.573 e. The van der Waals surface area contributed by atoms with E-state index < -0.39 is 18.3 Å². The first-order valence-corrected chi connectivity index (χ1v) is 6.12. The zero-order valence-corrected chi connectivity index (χ0v) is 10.8. The molecule has 0 aliphatic heterocycles. The average molecular weight is 300 g/mol. The van der Waals surface area contributed by atoms with Gasteiger partial charge in [0.25, 0.3) is 0 Å². The van der Waals surface area contributed by atoms with Crippen LogP contribution in [-0.4, -0.2) is 11.5 Å². The van der Waals surface area contributed by atoms with E-state index in [1.165, 1.54) is 42.5 Å². The topological polar surface area (TPSA) is 29.5 Å². The number of halogens is 4. The summed E-state index contributed by atoms with van der Waals surface area (Å²) in [6, 6.07) is 10.7. The van der Waals surface area contributed by atoms with Crippen LogP contribution in [0.5, 0.6) is 5.75 Å². The third-order valence-electron chi connectivity index (χ3n) is 2.82. The second kappa shape index (κ2) is 6.13. The van der Waals surface area contributed by atoms with E-state index >= 15 is 0 Å². The van der Waals surface area contributed by atoms with Crippen molar-refractivity contribution in [1.29, 1.82) is 0 Å². The average Bonchev–Trinajstić information content (AvgIpc) is 2.39. The van der Waals surface area contributed by atoms with Crippen LogP contribution in [0.3, 0.4) is 0 Å². The van der Waals surface area contributed by atoms with Gasteiger partial charge in [0, 0.05) is 6.42 Å². The molecule has 0 fully saturated rings. The maximum absolute atomic E-state index is 13.0. The fourth-order valence-electron chi connectivity index (χ4n) is 1.88. The van der Waals surface area contributed by atoms with Crippen LogP contribution in [0.15, 0.2) is 48.5 Å². The summed E-state index contributed by atoms with van der Waals surface area (Å²) in [4.78, 5) is 0. The van der Waals surface area contributed by atoms with Crippen LogP contribution >= 0.6 is 0 Å². The van der Waals surface area contributed by atoms with Crippen molar-refractivity contribution < 1.29 is 27.4 Å². The molecule has 2 nitrogen and oxygen atoms in total. The highest BCUT2D eigenvalue weighted by Crippen LogP contribution is 2.24. The minimum Gasteiger partial charge on any atom is -0.406 e. The monoisotopic (exact) mass is 300 g/mol. The van der Waals surface area contributed by atoms with Gasteiger partial charge in [-0.3, -0.25) is 0 Å². The summed E-state index contributed by atoms with van der Waals surface area (Å²) in [7, 11) is 0. The van der Waals surface area contributed by atoms with Gasteiger partial charge in [0.2, 0.25) is 0 Å². The molecule has 0 spiro atoms. The molecule has 0 heterocycles. The summed E-state index contributed by atoms with van der Waals surface area (Å²) in [5.74, 6) is -0.785. The Hall–Kier alpha value is -2.08. The summed E-state index contributed by atoms with van der Waals surface area (Å²) < 4.78 is 52.8. The summed E-state index contributed by atoms with van der Waals surface area (Å²) in [5, 5.41) is 9.98. The van der Waals surface area contributed by atoms with Crippen LogP contribution in [0.25, 0.3) is 0 Å². The van der Waals surface area contributed by atoms with Crippen molar-refractivity contribution >= 4 is 0 Å². The molecule has 0 amide bonds. The fourth-order valence-corrected chi connectivity index (χ4v) is 1.88. The molecule has 1 N–H and O–H groups in total. The smallest absolute Gasteiger partial charge is 0.406 e. The van der Waals surface area contributed by atoms with Gasteiger partial charge < -0.3 is 9.84 Å². The Balaban J connectivity index is 2.03. The molecule has 112 valence electrons. The predicted molar refractivity (Wildman–Crippen MR) is 68.2 cm³/mol. The quantitative estimate of drug-likeness (QED) is 0.865. The molecule has 1 unspecified atom stereocenters. The molecule has 1 atom stereocenters. The Morgan fingerprint density at radius 2 is 1.71 bits per heavy atom. The summed E-state index contributed by atoms with van der Waals surface area (Å²) in [6.45, 7) is 0. The zero-order valence-electron chi connectivity index (χ0n) is 10.8. The zero-order chi connectivity index (χ0) is 15.5. The lowest BCUT2D eigenvalue weighted by Crippen LogP contribution is -2.17. The van der Waals surface area contributed by atoms with Gasteiger partial charge in [0.15, 0.2) is 0 Å². The maximum atomic E-state index is 13.0. The van der Waals surface area contributed by atoms with E-state index in [4.69, 9.17) is 0 Å². The van der Waals surface area contributed by atoms with E-state index in [1.807, 2.05) is 0 Å². The van der Waals surface area contributed by atoms with Crippen molar-refractivity contribution in [2.45, 2.75) is 18.9 Å². The van der Waals surface area contributed by atoms with E-state index in [0.29, 0.717) is 11.1 Å². The summed E-state index contributed by atoms with van der Waals surface area (Å²) in [6.07, 6.45) is -5.51. The van der Waals surface area contributed by atoms with E-state index in [-0.39, 0.29) is 12.2 Å². The number of alkyl halides is 3. The molecule has 0 aliphatic carbocycles. The van der Waals surface area contributed by atoms with Crippen LogP contribution in [0.4, 0.5) is 17.6 Å². The molecular formula is C15H12F4O2. The second-order valence-corrected chi connectivity index (χ2v) is 4.47. The number of aliphatic hydroxyl groups is 1. The molecule has 2 rings (SSSR count). The van der Waals surface area contributed by atoms with E-state index in [9.17, 15) is 22.7 Å². The van der Waals surface area contributed by atoms with Crippen molar-refractivity contribution in [2.24, 2.45) is 0 Å². The summed E-state index contributed by atoms with van der Waals surface area (Å²) in [5.41, 5.74) is 1.02. The third kappa shape index (κ3) is 4.75. The number of ether oxygens (including phenoxy) is 1. The minimum absolute atomic E-state index is 0.162. The first kappa shape index (κ1) is 15.3. The van der Waals surface area contributed by atoms with Gasteiger partial charge in [-0.05, 0) is 35.4 Å². The standard InChI is InChI=1S/C15H12F4O2/c16-12-3-1-2-11(9-12)14(20)8-10-4-6-13(7-5-10)21-15(17,18)19/h1-7,9,14,20H,8H2. The number of benzene rings is 2. The molecule has 0 bridgehead atoms. The Morgan fingerprint density at radius 1 is 1.05 bits per heavy atom. The Kier molecular flexibility index (Phi) is 4.47. The van der Waals surface area contributed by atoms with Gasteiger partial charge in [-0.25, -0.2) is 4.39 Å². The molecule has 0 aliphatic rings. The van der Waals surface area contributed by atoms with E-state index in [2.05, 4.69) is 4.74 Å². The normalized spacial score (nSPS) is 13.0. The van der Waals surface area contributed by atoms with Crippen molar-refractivity contribution in [3.05, 3.63) is 65.5 Å². The highest BCUT2D eigenvalue weighted by Gasteiger charge is 2.30. The van der Waals surface area contributed by atoms with Crippen LogP contribution < -0.4 is 4.74 Å². The molecule has 6 heteroatoms. The van der Waals surface area contributed by atoms with Crippen molar-refractivity contribution in [1.82, 2.24) is 0 Å². The molecule has 21 heavy (non-hydrogen) atoms. The second-order valence-electron chi connectivity index (χ2n) is 4.47. The largest absolute Gasteiger partial charge is 0.573 e. The minimum atomic E-state index is -4.73. The van der Waals surface area contributed by atoms with Crippen LogP contribution in [0, 0.1) is 5.82 Å². The Labute approximate surface area is 118 Å². The Bertz CT molecular complexity index is 593. The van der Waals surface area contributed by atoms with Crippen LogP contribution in [-0.2, 0) is 6.42 Å². The number of aliphatic hydroxyl groups excluding tert-OH is 1. The van der Waals surface area contributed by atoms with Gasteiger partial charge >= 0.3 is 6.36 Å². The molecule has 2 aromatic rings. The molecule has 2 aromatic carbocycles. The van der Waals surface area contributed by atoms with Crippen molar-refractivity contribution in [3.8, 4) is 5.75 Å². The van der Waals surface area contributed by atoms with Gasteiger partial charge in [0.1, 0.15) is 11.6 Å². The third-order valence-corrected chi connectivity index (χ3v) is 2.82. The highest BCUT2D eigenvalue weighted by atomic mass is 19.4. The number of hydrogen-bond donors (Lipinski definition) is 1. The lowest BCUT2D eigenvalue weighted by Gasteiger charge is -2.12. The van der Waals surface area contributed by atoms with Gasteiger partial charge in [-0.1, -0.05) is 24.3 Å². The highest BCUT2D eigenvalue weighted by molar-refractivity contribution is 5.29. The number of hydrogen-bond acceptors (Lipinski definition) is 2. The van der Waals surface area contributed by atoms with Gasteiger partial charge in [-0.2, -0.15) is 0 Å². The van der Waals surface area contributed by atoms with Crippen LogP contribution in [0.2, 0.25) is 0 Å². The molecule has 0 aromatic heterocycles. The van der Waals surface area contributed by atoms with Crippen LogP contribution in [0.1, 0.15) is 17.2 Å². The molecule has 0 radical (unpaired) electrons. The van der Waals surface area contributed by atoms with Gasteiger partial charge in [0.05, 0.1) is 6.10 Å². The first-order chi connectivity index (χ1) is 9.83. The predicted octanol–water partition coefficient (Wildman–Crippen LogP) is 4.00.